The predicted molar refractivity (Wildman–Crippen MR) is 88.9 cm³/mol. The Kier molecular flexibility index (Phi) is 6.09. The second-order valence-corrected chi connectivity index (χ2v) is 7.87. The number of hydrogen-bond acceptors (Lipinski definition) is 4. The standard InChI is InChI=1S/C15H23ClN2O3S/c1-12-4-2-3-9-18(12)22(20,21)15-7-5-13(6-8-15)17-11-14(19)10-16/h5-8,12,14,17,19H,2-4,9-11H2,1H3. The summed E-state index contributed by atoms with van der Waals surface area (Å²) < 4.78 is 26.9. The molecule has 1 aliphatic heterocycles. The molecule has 1 aromatic rings. The number of benzene rings is 1. The highest BCUT2D eigenvalue weighted by Gasteiger charge is 2.30. The molecule has 7 heteroatoms. The minimum Gasteiger partial charge on any atom is -0.390 e. The third-order valence-electron chi connectivity index (χ3n) is 3.92. The summed E-state index contributed by atoms with van der Waals surface area (Å²) in [7, 11) is -3.43. The predicted octanol–water partition coefficient (Wildman–Crippen LogP) is 2.26. The monoisotopic (exact) mass is 346 g/mol. The molecule has 22 heavy (non-hydrogen) atoms. The van der Waals surface area contributed by atoms with Crippen molar-refractivity contribution in [2.45, 2.75) is 43.2 Å². The third-order valence-corrected chi connectivity index (χ3v) is 6.31. The summed E-state index contributed by atoms with van der Waals surface area (Å²) in [4.78, 5) is 0.310. The maximum Gasteiger partial charge on any atom is 0.243 e. The van der Waals surface area contributed by atoms with E-state index in [1.807, 2.05) is 6.92 Å². The van der Waals surface area contributed by atoms with Gasteiger partial charge in [0.1, 0.15) is 0 Å². The summed E-state index contributed by atoms with van der Waals surface area (Å²) >= 11 is 5.53. The van der Waals surface area contributed by atoms with Crippen LogP contribution in [0.15, 0.2) is 29.2 Å². The van der Waals surface area contributed by atoms with E-state index in [1.165, 1.54) is 0 Å². The lowest BCUT2D eigenvalue weighted by Gasteiger charge is -2.32. The summed E-state index contributed by atoms with van der Waals surface area (Å²) in [6, 6.07) is 6.68. The Morgan fingerprint density at radius 2 is 2.05 bits per heavy atom. The molecule has 1 aliphatic rings. The number of halogens is 1. The molecule has 2 rings (SSSR count). The van der Waals surface area contributed by atoms with Crippen molar-refractivity contribution in [1.82, 2.24) is 4.31 Å². The summed E-state index contributed by atoms with van der Waals surface area (Å²) in [6.07, 6.45) is 2.28. The number of alkyl halides is 1. The Bertz CT molecular complexity index is 577. The summed E-state index contributed by atoms with van der Waals surface area (Å²) in [5.74, 6) is 0.159. The fourth-order valence-electron chi connectivity index (χ4n) is 2.60. The molecule has 124 valence electrons. The minimum atomic E-state index is -3.43. The van der Waals surface area contributed by atoms with Crippen LogP contribution >= 0.6 is 11.6 Å². The molecular weight excluding hydrogens is 324 g/mol. The van der Waals surface area contributed by atoms with Crippen LogP contribution in [0.5, 0.6) is 0 Å². The van der Waals surface area contributed by atoms with Crippen molar-refractivity contribution in [2.75, 3.05) is 24.3 Å². The lowest BCUT2D eigenvalue weighted by Crippen LogP contribution is -2.41. The van der Waals surface area contributed by atoms with Crippen molar-refractivity contribution >= 4 is 27.3 Å². The number of aliphatic hydroxyl groups is 1. The van der Waals surface area contributed by atoms with Crippen LogP contribution in [0.2, 0.25) is 0 Å². The van der Waals surface area contributed by atoms with Crippen LogP contribution in [0.1, 0.15) is 26.2 Å². The molecule has 0 saturated carbocycles. The molecule has 1 heterocycles. The zero-order chi connectivity index (χ0) is 16.2. The van der Waals surface area contributed by atoms with Gasteiger partial charge in [-0.05, 0) is 44.0 Å². The van der Waals surface area contributed by atoms with Gasteiger partial charge >= 0.3 is 0 Å². The quantitative estimate of drug-likeness (QED) is 0.775. The van der Waals surface area contributed by atoms with Crippen molar-refractivity contribution < 1.29 is 13.5 Å². The highest BCUT2D eigenvalue weighted by atomic mass is 35.5. The number of rotatable bonds is 6. The number of anilines is 1. The van der Waals surface area contributed by atoms with Crippen LogP contribution < -0.4 is 5.32 Å². The van der Waals surface area contributed by atoms with Gasteiger partial charge in [-0.2, -0.15) is 4.31 Å². The maximum atomic E-state index is 12.7. The first kappa shape index (κ1) is 17.5. The van der Waals surface area contributed by atoms with Gasteiger partial charge < -0.3 is 10.4 Å². The maximum absolute atomic E-state index is 12.7. The molecular formula is C15H23ClN2O3S. The SMILES string of the molecule is CC1CCCCN1S(=O)(=O)c1ccc(NCC(O)CCl)cc1. The van der Waals surface area contributed by atoms with Crippen molar-refractivity contribution in [2.24, 2.45) is 0 Å². The van der Waals surface area contributed by atoms with Gasteiger partial charge in [0.25, 0.3) is 0 Å². The number of nitrogens with zero attached hydrogens (tertiary/aromatic N) is 1. The number of nitrogens with one attached hydrogen (secondary N) is 1. The first-order valence-electron chi connectivity index (χ1n) is 7.55. The van der Waals surface area contributed by atoms with Gasteiger partial charge in [0, 0.05) is 24.8 Å². The van der Waals surface area contributed by atoms with Gasteiger partial charge in [0.15, 0.2) is 0 Å². The van der Waals surface area contributed by atoms with Crippen molar-refractivity contribution in [3.63, 3.8) is 0 Å². The van der Waals surface area contributed by atoms with Gasteiger partial charge in [-0.1, -0.05) is 6.42 Å². The number of hydrogen-bond donors (Lipinski definition) is 2. The van der Waals surface area contributed by atoms with Gasteiger partial charge in [-0.15, -0.1) is 11.6 Å². The topological polar surface area (TPSA) is 69.6 Å². The summed E-state index contributed by atoms with van der Waals surface area (Å²) in [5, 5.41) is 12.4. The van der Waals surface area contributed by atoms with E-state index in [4.69, 9.17) is 11.6 Å². The smallest absolute Gasteiger partial charge is 0.243 e. The molecule has 1 fully saturated rings. The van der Waals surface area contributed by atoms with Gasteiger partial charge in [0.2, 0.25) is 10.0 Å². The van der Waals surface area contributed by atoms with Crippen LogP contribution in [-0.2, 0) is 10.0 Å². The molecule has 0 aliphatic carbocycles. The summed E-state index contributed by atoms with van der Waals surface area (Å²) in [6.45, 7) is 2.88. The average molecular weight is 347 g/mol. The zero-order valence-electron chi connectivity index (χ0n) is 12.7. The Labute approximate surface area is 137 Å². The van der Waals surface area contributed by atoms with Crippen LogP contribution in [0.3, 0.4) is 0 Å². The summed E-state index contributed by atoms with van der Waals surface area (Å²) in [5.41, 5.74) is 0.759. The van der Waals surface area contributed by atoms with Gasteiger partial charge in [0.05, 0.1) is 16.9 Å². The molecule has 5 nitrogen and oxygen atoms in total. The van der Waals surface area contributed by atoms with Crippen LogP contribution in [0, 0.1) is 0 Å². The molecule has 2 unspecified atom stereocenters. The highest BCUT2D eigenvalue weighted by molar-refractivity contribution is 7.89. The Balaban J connectivity index is 2.08. The normalized spacial score (nSPS) is 21.5. The second kappa shape index (κ2) is 7.64. The molecule has 0 spiro atoms. The van der Waals surface area contributed by atoms with Crippen molar-refractivity contribution in [1.29, 1.82) is 0 Å². The molecule has 2 atom stereocenters. The van der Waals surface area contributed by atoms with Gasteiger partial charge in [-0.3, -0.25) is 0 Å². The van der Waals surface area contributed by atoms with E-state index in [9.17, 15) is 13.5 Å². The number of sulfonamides is 1. The van der Waals surface area contributed by atoms with E-state index in [2.05, 4.69) is 5.32 Å². The van der Waals surface area contributed by atoms with Crippen LogP contribution in [0.25, 0.3) is 0 Å². The fourth-order valence-corrected chi connectivity index (χ4v) is 4.41. The fraction of sp³-hybridized carbons (Fsp3) is 0.600. The van der Waals surface area contributed by atoms with E-state index in [1.54, 1.807) is 28.6 Å². The third kappa shape index (κ3) is 4.13. The molecule has 1 aromatic carbocycles. The van der Waals surface area contributed by atoms with Crippen LogP contribution in [0.4, 0.5) is 5.69 Å². The van der Waals surface area contributed by atoms with E-state index in [0.717, 1.165) is 24.9 Å². The first-order chi connectivity index (χ1) is 10.4. The second-order valence-electron chi connectivity index (χ2n) is 5.67. The zero-order valence-corrected chi connectivity index (χ0v) is 14.3. The van der Waals surface area contributed by atoms with E-state index in [-0.39, 0.29) is 11.9 Å². The van der Waals surface area contributed by atoms with E-state index >= 15 is 0 Å². The lowest BCUT2D eigenvalue weighted by atomic mass is 10.1. The highest BCUT2D eigenvalue weighted by Crippen LogP contribution is 2.25. The minimum absolute atomic E-state index is 0.0513. The lowest BCUT2D eigenvalue weighted by molar-refractivity contribution is 0.211. The number of piperidine rings is 1. The first-order valence-corrected chi connectivity index (χ1v) is 9.52. The Morgan fingerprint density at radius 1 is 1.36 bits per heavy atom. The molecule has 0 radical (unpaired) electrons. The molecule has 0 aromatic heterocycles. The van der Waals surface area contributed by atoms with Crippen molar-refractivity contribution in [3.05, 3.63) is 24.3 Å². The van der Waals surface area contributed by atoms with E-state index in [0.29, 0.717) is 18.0 Å². The average Bonchev–Trinajstić information content (AvgIpc) is 2.53. The molecule has 0 bridgehead atoms. The molecule has 2 N–H and O–H groups in total. The van der Waals surface area contributed by atoms with Gasteiger partial charge in [-0.25, -0.2) is 8.42 Å². The van der Waals surface area contributed by atoms with E-state index < -0.39 is 16.1 Å². The largest absolute Gasteiger partial charge is 0.390 e. The molecule has 0 amide bonds. The van der Waals surface area contributed by atoms with Crippen LogP contribution in [-0.4, -0.2) is 48.9 Å². The van der Waals surface area contributed by atoms with Crippen molar-refractivity contribution in [3.8, 4) is 0 Å². The Hall–Kier alpha value is -0.820. The molecule has 1 saturated heterocycles. The Morgan fingerprint density at radius 3 is 2.64 bits per heavy atom. The number of aliphatic hydroxyl groups excluding tert-OH is 1.